The van der Waals surface area contributed by atoms with E-state index in [1.165, 1.54) is 17.3 Å². The van der Waals surface area contributed by atoms with Gasteiger partial charge >= 0.3 is 0 Å². The lowest BCUT2D eigenvalue weighted by molar-refractivity contribution is -0.124. The monoisotopic (exact) mass is 312 g/mol. The SMILES string of the molecule is C[C@H](C(=O)NCCc1cc(Cl)cc(Cl)c1)n1cncn1. The summed E-state index contributed by atoms with van der Waals surface area (Å²) < 4.78 is 1.51. The number of halogens is 2. The van der Waals surface area contributed by atoms with Crippen LogP contribution in [0, 0.1) is 0 Å². The summed E-state index contributed by atoms with van der Waals surface area (Å²) in [5, 5.41) is 7.97. The Bertz CT molecular complexity index is 566. The summed E-state index contributed by atoms with van der Waals surface area (Å²) in [6.45, 7) is 2.27. The molecule has 106 valence electrons. The van der Waals surface area contributed by atoms with Gasteiger partial charge in [-0.3, -0.25) is 4.79 Å². The summed E-state index contributed by atoms with van der Waals surface area (Å²) in [5.41, 5.74) is 0.983. The van der Waals surface area contributed by atoms with Crippen molar-refractivity contribution in [3.05, 3.63) is 46.5 Å². The second-order valence-electron chi connectivity index (χ2n) is 4.37. The first kappa shape index (κ1) is 14.8. The first-order valence-corrected chi connectivity index (χ1v) is 6.88. The Morgan fingerprint density at radius 2 is 2.05 bits per heavy atom. The van der Waals surface area contributed by atoms with E-state index >= 15 is 0 Å². The fourth-order valence-corrected chi connectivity index (χ4v) is 2.34. The van der Waals surface area contributed by atoms with Crippen LogP contribution >= 0.6 is 23.2 Å². The van der Waals surface area contributed by atoms with E-state index in [1.807, 2.05) is 12.1 Å². The number of hydrogen-bond acceptors (Lipinski definition) is 3. The predicted octanol–water partition coefficient (Wildman–Crippen LogP) is 2.50. The van der Waals surface area contributed by atoms with Gasteiger partial charge in [-0.05, 0) is 37.1 Å². The fraction of sp³-hybridized carbons (Fsp3) is 0.308. The van der Waals surface area contributed by atoms with Crippen LogP contribution in [-0.4, -0.2) is 27.2 Å². The molecule has 0 saturated carbocycles. The molecule has 1 aromatic heterocycles. The van der Waals surface area contributed by atoms with E-state index in [0.717, 1.165) is 5.56 Å². The summed E-state index contributed by atoms with van der Waals surface area (Å²) >= 11 is 11.8. The third-order valence-corrected chi connectivity index (χ3v) is 3.28. The Morgan fingerprint density at radius 3 is 2.65 bits per heavy atom. The average molecular weight is 313 g/mol. The lowest BCUT2D eigenvalue weighted by Crippen LogP contribution is -2.32. The molecule has 0 aliphatic heterocycles. The van der Waals surface area contributed by atoms with Gasteiger partial charge in [0, 0.05) is 16.6 Å². The molecule has 0 bridgehead atoms. The van der Waals surface area contributed by atoms with E-state index in [0.29, 0.717) is 23.0 Å². The van der Waals surface area contributed by atoms with Gasteiger partial charge in [0.15, 0.2) is 0 Å². The highest BCUT2D eigenvalue weighted by Gasteiger charge is 2.14. The molecule has 1 amide bonds. The van der Waals surface area contributed by atoms with E-state index < -0.39 is 0 Å². The Hall–Kier alpha value is -1.59. The highest BCUT2D eigenvalue weighted by molar-refractivity contribution is 6.34. The Morgan fingerprint density at radius 1 is 1.35 bits per heavy atom. The van der Waals surface area contributed by atoms with Crippen LogP contribution < -0.4 is 5.32 Å². The fourth-order valence-electron chi connectivity index (χ4n) is 1.77. The maximum atomic E-state index is 11.9. The second-order valence-corrected chi connectivity index (χ2v) is 5.24. The molecule has 0 unspecified atom stereocenters. The van der Waals surface area contributed by atoms with E-state index in [4.69, 9.17) is 23.2 Å². The topological polar surface area (TPSA) is 59.8 Å². The van der Waals surface area contributed by atoms with Crippen LogP contribution in [0.15, 0.2) is 30.9 Å². The molecule has 1 heterocycles. The molecule has 20 heavy (non-hydrogen) atoms. The maximum Gasteiger partial charge on any atom is 0.244 e. The van der Waals surface area contributed by atoms with Crippen molar-refractivity contribution in [2.24, 2.45) is 0 Å². The number of nitrogens with zero attached hydrogens (tertiary/aromatic N) is 3. The quantitative estimate of drug-likeness (QED) is 0.922. The first-order valence-electron chi connectivity index (χ1n) is 6.13. The minimum absolute atomic E-state index is 0.108. The van der Waals surface area contributed by atoms with Crippen molar-refractivity contribution in [1.82, 2.24) is 20.1 Å². The number of carbonyl (C=O) groups is 1. The number of nitrogens with one attached hydrogen (secondary N) is 1. The predicted molar refractivity (Wildman–Crippen MR) is 77.9 cm³/mol. The van der Waals surface area contributed by atoms with Gasteiger partial charge in [-0.15, -0.1) is 0 Å². The third kappa shape index (κ3) is 3.95. The standard InChI is InChI=1S/C13H14Cl2N4O/c1-9(19-8-16-7-18-19)13(20)17-3-2-10-4-11(14)6-12(15)5-10/h4-9H,2-3H2,1H3,(H,17,20)/t9-/m1/s1. The van der Waals surface area contributed by atoms with Crippen LogP contribution in [0.4, 0.5) is 0 Å². The lowest BCUT2D eigenvalue weighted by atomic mass is 10.1. The summed E-state index contributed by atoms with van der Waals surface area (Å²) in [6.07, 6.45) is 3.58. The number of amides is 1. The van der Waals surface area contributed by atoms with Crippen LogP contribution in [-0.2, 0) is 11.2 Å². The van der Waals surface area contributed by atoms with Gasteiger partial charge in [0.2, 0.25) is 5.91 Å². The summed E-state index contributed by atoms with van der Waals surface area (Å²) in [4.78, 5) is 15.7. The molecule has 1 N–H and O–H groups in total. The van der Waals surface area contributed by atoms with Crippen molar-refractivity contribution < 1.29 is 4.79 Å². The van der Waals surface area contributed by atoms with Crippen LogP contribution in [0.1, 0.15) is 18.5 Å². The molecule has 0 fully saturated rings. The van der Waals surface area contributed by atoms with Crippen LogP contribution in [0.25, 0.3) is 0 Å². The van der Waals surface area contributed by atoms with Crippen molar-refractivity contribution in [2.75, 3.05) is 6.54 Å². The van der Waals surface area contributed by atoms with Crippen molar-refractivity contribution in [1.29, 1.82) is 0 Å². The second kappa shape index (κ2) is 6.72. The van der Waals surface area contributed by atoms with Gasteiger partial charge in [0.05, 0.1) is 0 Å². The van der Waals surface area contributed by atoms with Crippen LogP contribution in [0.2, 0.25) is 10.0 Å². The molecule has 0 aliphatic rings. The van der Waals surface area contributed by atoms with Crippen molar-refractivity contribution in [2.45, 2.75) is 19.4 Å². The summed E-state index contributed by atoms with van der Waals surface area (Å²) in [5.74, 6) is -0.108. The zero-order valence-electron chi connectivity index (χ0n) is 10.9. The number of rotatable bonds is 5. The smallest absolute Gasteiger partial charge is 0.244 e. The number of carbonyl (C=O) groups excluding carboxylic acids is 1. The van der Waals surface area contributed by atoms with Crippen molar-refractivity contribution in [3.63, 3.8) is 0 Å². The molecular weight excluding hydrogens is 299 g/mol. The normalized spacial score (nSPS) is 12.2. The van der Waals surface area contributed by atoms with Crippen molar-refractivity contribution in [3.8, 4) is 0 Å². The highest BCUT2D eigenvalue weighted by Crippen LogP contribution is 2.19. The summed E-state index contributed by atoms with van der Waals surface area (Å²) in [6, 6.07) is 4.96. The molecule has 0 saturated heterocycles. The first-order chi connectivity index (χ1) is 9.56. The molecule has 2 aromatic rings. The molecule has 1 aromatic carbocycles. The van der Waals surface area contributed by atoms with Crippen LogP contribution in [0.3, 0.4) is 0 Å². The molecule has 0 spiro atoms. The van der Waals surface area contributed by atoms with E-state index in [-0.39, 0.29) is 11.9 Å². The molecule has 7 heteroatoms. The minimum Gasteiger partial charge on any atom is -0.354 e. The molecule has 1 atom stereocenters. The molecule has 0 radical (unpaired) electrons. The maximum absolute atomic E-state index is 11.9. The number of hydrogen-bond donors (Lipinski definition) is 1. The zero-order chi connectivity index (χ0) is 14.5. The Labute approximate surface area is 126 Å². The van der Waals surface area contributed by atoms with Gasteiger partial charge in [-0.1, -0.05) is 23.2 Å². The molecular formula is C13H14Cl2N4O. The number of aromatic nitrogens is 3. The van der Waals surface area contributed by atoms with Gasteiger partial charge < -0.3 is 5.32 Å². The third-order valence-electron chi connectivity index (χ3n) is 2.85. The molecule has 0 aliphatic carbocycles. The van der Waals surface area contributed by atoms with E-state index in [1.54, 1.807) is 13.0 Å². The highest BCUT2D eigenvalue weighted by atomic mass is 35.5. The van der Waals surface area contributed by atoms with Gasteiger partial charge in [-0.25, -0.2) is 9.67 Å². The van der Waals surface area contributed by atoms with E-state index in [9.17, 15) is 4.79 Å². The average Bonchev–Trinajstić information content (AvgIpc) is 2.90. The van der Waals surface area contributed by atoms with E-state index in [2.05, 4.69) is 15.4 Å². The van der Waals surface area contributed by atoms with Gasteiger partial charge in [-0.2, -0.15) is 5.10 Å². The Balaban J connectivity index is 1.85. The van der Waals surface area contributed by atoms with Gasteiger partial charge in [0.1, 0.15) is 18.7 Å². The Kier molecular flexibility index (Phi) is 4.98. The van der Waals surface area contributed by atoms with Crippen LogP contribution in [0.5, 0.6) is 0 Å². The summed E-state index contributed by atoms with van der Waals surface area (Å²) in [7, 11) is 0. The molecule has 2 rings (SSSR count). The van der Waals surface area contributed by atoms with Crippen molar-refractivity contribution >= 4 is 29.1 Å². The van der Waals surface area contributed by atoms with Gasteiger partial charge in [0.25, 0.3) is 0 Å². The lowest BCUT2D eigenvalue weighted by Gasteiger charge is -2.12. The minimum atomic E-state index is -0.388. The number of benzene rings is 1. The molecule has 5 nitrogen and oxygen atoms in total. The zero-order valence-corrected chi connectivity index (χ0v) is 12.4. The largest absolute Gasteiger partial charge is 0.354 e.